The minimum atomic E-state index is -0.559. The van der Waals surface area contributed by atoms with Crippen LogP contribution >= 0.6 is 11.6 Å². The van der Waals surface area contributed by atoms with E-state index in [4.69, 9.17) is 21.1 Å². The lowest BCUT2D eigenvalue weighted by molar-refractivity contribution is -0.143. The standard InChI is InChI=1S/C13H15ClO4/c1-2-17-12(15)8-5-9-18-11-7-4-3-6-10(11)13(14)16/h3-4,6-7H,2,5,8-9H2,1H3. The third kappa shape index (κ3) is 4.75. The minimum Gasteiger partial charge on any atom is -0.493 e. The first kappa shape index (κ1) is 14.5. The molecule has 98 valence electrons. The van der Waals surface area contributed by atoms with Gasteiger partial charge in [0.1, 0.15) is 5.75 Å². The predicted octanol–water partition coefficient (Wildman–Crippen LogP) is 2.79. The zero-order chi connectivity index (χ0) is 13.4. The Kier molecular flexibility index (Phi) is 6.22. The molecule has 0 aromatic heterocycles. The van der Waals surface area contributed by atoms with E-state index in [0.29, 0.717) is 37.4 Å². The molecule has 1 aromatic carbocycles. The highest BCUT2D eigenvalue weighted by Gasteiger charge is 2.09. The minimum absolute atomic E-state index is 0.247. The number of ether oxygens (including phenoxy) is 2. The van der Waals surface area contributed by atoms with Crippen molar-refractivity contribution in [1.82, 2.24) is 0 Å². The van der Waals surface area contributed by atoms with Crippen LogP contribution in [0.25, 0.3) is 0 Å². The van der Waals surface area contributed by atoms with E-state index in [2.05, 4.69) is 0 Å². The SMILES string of the molecule is CCOC(=O)CCCOc1ccccc1C(=O)Cl. The molecule has 0 atom stereocenters. The Morgan fingerprint density at radius 2 is 2.00 bits per heavy atom. The van der Waals surface area contributed by atoms with Crippen molar-refractivity contribution in [3.8, 4) is 5.75 Å². The fourth-order valence-corrected chi connectivity index (χ4v) is 1.54. The molecule has 0 aliphatic carbocycles. The molecule has 1 aromatic rings. The molecule has 0 aliphatic rings. The number of benzene rings is 1. The van der Waals surface area contributed by atoms with Gasteiger partial charge < -0.3 is 9.47 Å². The molecular formula is C13H15ClO4. The van der Waals surface area contributed by atoms with Gasteiger partial charge in [0.05, 0.1) is 18.8 Å². The second-order valence-electron chi connectivity index (χ2n) is 3.53. The predicted molar refractivity (Wildman–Crippen MR) is 68.0 cm³/mol. The molecule has 0 heterocycles. The first-order valence-electron chi connectivity index (χ1n) is 5.72. The summed E-state index contributed by atoms with van der Waals surface area (Å²) in [6.45, 7) is 2.47. The highest BCUT2D eigenvalue weighted by Crippen LogP contribution is 2.20. The Morgan fingerprint density at radius 3 is 2.67 bits per heavy atom. The molecule has 1 rings (SSSR count). The highest BCUT2D eigenvalue weighted by atomic mass is 35.5. The lowest BCUT2D eigenvalue weighted by Gasteiger charge is -2.08. The van der Waals surface area contributed by atoms with E-state index in [1.807, 2.05) is 0 Å². The van der Waals surface area contributed by atoms with Crippen LogP contribution in [0.15, 0.2) is 24.3 Å². The van der Waals surface area contributed by atoms with Gasteiger partial charge in [0.2, 0.25) is 0 Å². The molecule has 0 N–H and O–H groups in total. The third-order valence-corrected chi connectivity index (χ3v) is 2.39. The summed E-state index contributed by atoms with van der Waals surface area (Å²) < 4.78 is 10.2. The molecule has 0 aliphatic heterocycles. The van der Waals surface area contributed by atoms with Crippen molar-refractivity contribution in [2.75, 3.05) is 13.2 Å². The number of carbonyl (C=O) groups is 2. The average molecular weight is 271 g/mol. The highest BCUT2D eigenvalue weighted by molar-refractivity contribution is 6.68. The number of halogens is 1. The zero-order valence-corrected chi connectivity index (χ0v) is 10.9. The summed E-state index contributed by atoms with van der Waals surface area (Å²) >= 11 is 5.42. The van der Waals surface area contributed by atoms with Gasteiger partial charge in [-0.3, -0.25) is 9.59 Å². The van der Waals surface area contributed by atoms with Gasteiger partial charge >= 0.3 is 5.97 Å². The normalized spacial score (nSPS) is 9.89. The van der Waals surface area contributed by atoms with Gasteiger partial charge in [-0.2, -0.15) is 0 Å². The van der Waals surface area contributed by atoms with Crippen LogP contribution in [-0.2, 0) is 9.53 Å². The van der Waals surface area contributed by atoms with Crippen LogP contribution in [0.4, 0.5) is 0 Å². The number of rotatable bonds is 7. The fourth-order valence-electron chi connectivity index (χ4n) is 1.39. The van der Waals surface area contributed by atoms with Crippen molar-refractivity contribution in [2.24, 2.45) is 0 Å². The Morgan fingerprint density at radius 1 is 1.28 bits per heavy atom. The van der Waals surface area contributed by atoms with Crippen molar-refractivity contribution in [1.29, 1.82) is 0 Å². The van der Waals surface area contributed by atoms with Gasteiger partial charge in [-0.05, 0) is 37.1 Å². The van der Waals surface area contributed by atoms with E-state index in [1.54, 1.807) is 31.2 Å². The van der Waals surface area contributed by atoms with E-state index in [0.717, 1.165) is 0 Å². The molecule has 0 unspecified atom stereocenters. The number of esters is 1. The molecule has 0 saturated heterocycles. The molecule has 0 spiro atoms. The van der Waals surface area contributed by atoms with E-state index in [9.17, 15) is 9.59 Å². The monoisotopic (exact) mass is 270 g/mol. The van der Waals surface area contributed by atoms with Crippen LogP contribution in [0.1, 0.15) is 30.1 Å². The lowest BCUT2D eigenvalue weighted by Crippen LogP contribution is -2.07. The van der Waals surface area contributed by atoms with Crippen LogP contribution in [-0.4, -0.2) is 24.4 Å². The van der Waals surface area contributed by atoms with E-state index in [1.165, 1.54) is 0 Å². The molecule has 5 heteroatoms. The van der Waals surface area contributed by atoms with Gasteiger partial charge in [0.25, 0.3) is 5.24 Å². The maximum Gasteiger partial charge on any atom is 0.305 e. The van der Waals surface area contributed by atoms with Crippen molar-refractivity contribution >= 4 is 22.8 Å². The molecule has 0 radical (unpaired) electrons. The Bertz CT molecular complexity index is 417. The van der Waals surface area contributed by atoms with Crippen molar-refractivity contribution in [3.63, 3.8) is 0 Å². The van der Waals surface area contributed by atoms with Crippen LogP contribution in [0, 0.1) is 0 Å². The summed E-state index contributed by atoms with van der Waals surface area (Å²) in [5.41, 5.74) is 0.329. The van der Waals surface area contributed by atoms with Gasteiger partial charge in [-0.1, -0.05) is 12.1 Å². The van der Waals surface area contributed by atoms with Crippen molar-refractivity contribution in [3.05, 3.63) is 29.8 Å². The van der Waals surface area contributed by atoms with E-state index < -0.39 is 5.24 Å². The average Bonchev–Trinajstić information content (AvgIpc) is 2.35. The molecule has 0 amide bonds. The maximum absolute atomic E-state index is 11.1. The summed E-state index contributed by atoms with van der Waals surface area (Å²) in [5, 5.41) is -0.559. The summed E-state index contributed by atoms with van der Waals surface area (Å²) in [5.74, 6) is 0.184. The summed E-state index contributed by atoms with van der Waals surface area (Å²) in [7, 11) is 0. The molecule has 0 bridgehead atoms. The quantitative estimate of drug-likeness (QED) is 0.434. The van der Waals surface area contributed by atoms with E-state index in [-0.39, 0.29) is 5.97 Å². The zero-order valence-electron chi connectivity index (χ0n) is 10.1. The lowest BCUT2D eigenvalue weighted by atomic mass is 10.2. The topological polar surface area (TPSA) is 52.6 Å². The first-order chi connectivity index (χ1) is 8.65. The number of hydrogen-bond acceptors (Lipinski definition) is 4. The Balaban J connectivity index is 2.40. The van der Waals surface area contributed by atoms with Gasteiger partial charge in [-0.25, -0.2) is 0 Å². The van der Waals surface area contributed by atoms with E-state index >= 15 is 0 Å². The summed E-state index contributed by atoms with van der Waals surface area (Å²) in [6.07, 6.45) is 0.828. The third-order valence-electron chi connectivity index (χ3n) is 2.19. The smallest absolute Gasteiger partial charge is 0.305 e. The Labute approximate surface area is 111 Å². The van der Waals surface area contributed by atoms with Crippen LogP contribution in [0.3, 0.4) is 0 Å². The van der Waals surface area contributed by atoms with Gasteiger partial charge in [0.15, 0.2) is 0 Å². The molecule has 18 heavy (non-hydrogen) atoms. The summed E-state index contributed by atoms with van der Waals surface area (Å²) in [4.78, 5) is 22.2. The fraction of sp³-hybridized carbons (Fsp3) is 0.385. The maximum atomic E-state index is 11.1. The van der Waals surface area contributed by atoms with Crippen LogP contribution in [0.2, 0.25) is 0 Å². The van der Waals surface area contributed by atoms with Crippen molar-refractivity contribution < 1.29 is 19.1 Å². The molecule has 0 saturated carbocycles. The number of hydrogen-bond donors (Lipinski definition) is 0. The number of para-hydroxylation sites is 1. The largest absolute Gasteiger partial charge is 0.493 e. The molecular weight excluding hydrogens is 256 g/mol. The number of carbonyl (C=O) groups excluding carboxylic acids is 2. The molecule has 0 fully saturated rings. The second kappa shape index (κ2) is 7.71. The van der Waals surface area contributed by atoms with Crippen LogP contribution < -0.4 is 4.74 Å². The van der Waals surface area contributed by atoms with Gasteiger partial charge in [-0.15, -0.1) is 0 Å². The second-order valence-corrected chi connectivity index (χ2v) is 3.87. The first-order valence-corrected chi connectivity index (χ1v) is 6.10. The van der Waals surface area contributed by atoms with Crippen LogP contribution in [0.5, 0.6) is 5.75 Å². The summed E-state index contributed by atoms with van der Waals surface area (Å²) in [6, 6.07) is 6.72. The van der Waals surface area contributed by atoms with Crippen molar-refractivity contribution in [2.45, 2.75) is 19.8 Å². The molecule has 4 nitrogen and oxygen atoms in total. The Hall–Kier alpha value is -1.55. The van der Waals surface area contributed by atoms with Gasteiger partial charge in [0, 0.05) is 6.42 Å².